The number of ether oxygens (including phenoxy) is 1. The third-order valence-electron chi connectivity index (χ3n) is 5.17. The van der Waals surface area contributed by atoms with E-state index in [1.807, 2.05) is 12.1 Å². The summed E-state index contributed by atoms with van der Waals surface area (Å²) in [6.07, 6.45) is 1.78. The minimum atomic E-state index is -1.05. The maximum Gasteiger partial charge on any atom is 0.335 e. The number of carboxylic acids is 1. The second kappa shape index (κ2) is 11.6. The molecule has 0 bridgehead atoms. The molecule has 1 saturated heterocycles. The van der Waals surface area contributed by atoms with E-state index in [0.29, 0.717) is 21.5 Å². The van der Waals surface area contributed by atoms with Gasteiger partial charge in [-0.1, -0.05) is 6.07 Å². The zero-order valence-corrected chi connectivity index (χ0v) is 24.2. The largest absolute Gasteiger partial charge is 0.487 e. The van der Waals surface area contributed by atoms with Gasteiger partial charge in [-0.05, 0) is 117 Å². The number of amides is 1. The third-order valence-corrected chi connectivity index (χ3v) is 7.83. The van der Waals surface area contributed by atoms with E-state index >= 15 is 0 Å². The summed E-state index contributed by atoms with van der Waals surface area (Å²) < 4.78 is 7.68. The SMILES string of the molecule is CN1C(=O)/C(=C/c2cc(I)c(OCc3ccc([N+](=O)[O-])cc3)c(I)c2)SC1=Nc1cccc(C(=O)O)c1. The molecule has 37 heavy (non-hydrogen) atoms. The molecule has 9 nitrogen and oxygen atoms in total. The lowest BCUT2D eigenvalue weighted by molar-refractivity contribution is -0.384. The molecular formula is C25H17I2N3O6S. The molecule has 1 amide bonds. The Morgan fingerprint density at radius 3 is 2.46 bits per heavy atom. The van der Waals surface area contributed by atoms with Crippen molar-refractivity contribution in [3.05, 3.63) is 99.5 Å². The minimum absolute atomic E-state index is 0.0252. The van der Waals surface area contributed by atoms with Gasteiger partial charge in [0.05, 0.1) is 28.2 Å². The van der Waals surface area contributed by atoms with Gasteiger partial charge in [-0.15, -0.1) is 0 Å². The number of thioether (sulfide) groups is 1. The van der Waals surface area contributed by atoms with Gasteiger partial charge < -0.3 is 9.84 Å². The van der Waals surface area contributed by atoms with Gasteiger partial charge in [0, 0.05) is 19.2 Å². The van der Waals surface area contributed by atoms with Gasteiger partial charge in [0.2, 0.25) is 0 Å². The lowest BCUT2D eigenvalue weighted by Gasteiger charge is -2.12. The van der Waals surface area contributed by atoms with Gasteiger partial charge in [0.1, 0.15) is 12.4 Å². The average molecular weight is 741 g/mol. The number of nitrogens with zero attached hydrogens (tertiary/aromatic N) is 3. The number of aliphatic imine (C=N–C) groups is 1. The number of halogens is 2. The van der Waals surface area contributed by atoms with E-state index in [1.54, 1.807) is 37.4 Å². The number of likely N-dealkylation sites (N-methyl/N-ethyl adjacent to an activating group) is 1. The van der Waals surface area contributed by atoms with Crippen molar-refractivity contribution in [1.29, 1.82) is 0 Å². The van der Waals surface area contributed by atoms with Crippen LogP contribution < -0.4 is 4.74 Å². The van der Waals surface area contributed by atoms with Crippen LogP contribution in [0.15, 0.2) is 70.6 Å². The van der Waals surface area contributed by atoms with Crippen molar-refractivity contribution in [2.45, 2.75) is 6.61 Å². The number of carbonyl (C=O) groups excluding carboxylic acids is 1. The highest BCUT2D eigenvalue weighted by atomic mass is 127. The molecular weight excluding hydrogens is 724 g/mol. The quantitative estimate of drug-likeness (QED) is 0.130. The van der Waals surface area contributed by atoms with Crippen molar-refractivity contribution in [1.82, 2.24) is 4.90 Å². The van der Waals surface area contributed by atoms with Crippen LogP contribution >= 0.6 is 56.9 Å². The summed E-state index contributed by atoms with van der Waals surface area (Å²) in [5.41, 5.74) is 2.21. The number of amidine groups is 1. The van der Waals surface area contributed by atoms with Gasteiger partial charge in [-0.25, -0.2) is 9.79 Å². The van der Waals surface area contributed by atoms with E-state index in [9.17, 15) is 24.8 Å². The minimum Gasteiger partial charge on any atom is -0.487 e. The highest BCUT2D eigenvalue weighted by molar-refractivity contribution is 14.1. The predicted molar refractivity (Wildman–Crippen MR) is 158 cm³/mol. The Labute approximate surface area is 243 Å². The topological polar surface area (TPSA) is 122 Å². The Bertz CT molecular complexity index is 1450. The van der Waals surface area contributed by atoms with Crippen molar-refractivity contribution in [2.24, 2.45) is 4.99 Å². The van der Waals surface area contributed by atoms with Crippen LogP contribution in [0, 0.1) is 17.3 Å². The summed E-state index contributed by atoms with van der Waals surface area (Å²) in [7, 11) is 1.62. The number of nitro groups is 1. The number of rotatable bonds is 7. The highest BCUT2D eigenvalue weighted by Gasteiger charge is 2.30. The van der Waals surface area contributed by atoms with Crippen LogP contribution in [0.5, 0.6) is 5.75 Å². The van der Waals surface area contributed by atoms with E-state index < -0.39 is 10.9 Å². The Hall–Kier alpha value is -2.98. The fraction of sp³-hybridized carbons (Fsp3) is 0.0800. The van der Waals surface area contributed by atoms with Crippen LogP contribution in [0.25, 0.3) is 6.08 Å². The van der Waals surface area contributed by atoms with E-state index in [4.69, 9.17) is 4.74 Å². The summed E-state index contributed by atoms with van der Waals surface area (Å²) in [6, 6.07) is 16.2. The Balaban J connectivity index is 1.51. The zero-order valence-electron chi connectivity index (χ0n) is 19.1. The van der Waals surface area contributed by atoms with Crippen molar-refractivity contribution in [3.63, 3.8) is 0 Å². The normalized spacial score (nSPS) is 15.4. The molecule has 0 atom stereocenters. The second-order valence-electron chi connectivity index (χ2n) is 7.75. The molecule has 3 aromatic carbocycles. The molecule has 0 aliphatic carbocycles. The number of nitro benzene ring substituents is 1. The van der Waals surface area contributed by atoms with Crippen molar-refractivity contribution >= 4 is 91.4 Å². The van der Waals surface area contributed by atoms with Crippen LogP contribution in [0.4, 0.5) is 11.4 Å². The number of carbonyl (C=O) groups is 2. The van der Waals surface area contributed by atoms with Crippen LogP contribution in [0.1, 0.15) is 21.5 Å². The maximum absolute atomic E-state index is 12.8. The highest BCUT2D eigenvalue weighted by Crippen LogP contribution is 2.35. The summed E-state index contributed by atoms with van der Waals surface area (Å²) in [4.78, 5) is 40.8. The fourth-order valence-electron chi connectivity index (χ4n) is 3.29. The predicted octanol–water partition coefficient (Wildman–Crippen LogP) is 6.32. The van der Waals surface area contributed by atoms with E-state index in [1.165, 1.54) is 40.9 Å². The number of non-ortho nitro benzene ring substituents is 1. The number of hydrogen-bond acceptors (Lipinski definition) is 7. The van der Waals surface area contributed by atoms with Gasteiger partial charge in [0.15, 0.2) is 5.17 Å². The summed E-state index contributed by atoms with van der Waals surface area (Å²) in [5.74, 6) is -0.568. The Kier molecular flexibility index (Phi) is 8.49. The molecule has 0 radical (unpaired) electrons. The van der Waals surface area contributed by atoms with Gasteiger partial charge in [-0.2, -0.15) is 0 Å². The van der Waals surface area contributed by atoms with Gasteiger partial charge in [-0.3, -0.25) is 19.8 Å². The maximum atomic E-state index is 12.8. The molecule has 1 N–H and O–H groups in total. The Morgan fingerprint density at radius 1 is 1.16 bits per heavy atom. The van der Waals surface area contributed by atoms with E-state index in [2.05, 4.69) is 50.2 Å². The first-order chi connectivity index (χ1) is 17.6. The lowest BCUT2D eigenvalue weighted by Crippen LogP contribution is -2.23. The zero-order chi connectivity index (χ0) is 26.7. The van der Waals surface area contributed by atoms with Crippen LogP contribution in [-0.2, 0) is 11.4 Å². The lowest BCUT2D eigenvalue weighted by atomic mass is 10.2. The molecule has 12 heteroatoms. The smallest absolute Gasteiger partial charge is 0.335 e. The molecule has 0 saturated carbocycles. The molecule has 0 aromatic heterocycles. The standard InChI is InChI=1S/C25H17I2N3O6S/c1-29-23(31)21(37-25(29)28-17-4-2-3-16(12-17)24(32)33)11-15-9-19(26)22(20(27)10-15)36-13-14-5-7-18(8-6-14)30(34)35/h2-12H,13H2,1H3,(H,32,33)/b21-11-,28-25?. The number of hydrogen-bond donors (Lipinski definition) is 1. The molecule has 0 unspecified atom stereocenters. The molecule has 1 aliphatic heterocycles. The van der Waals surface area contributed by atoms with Gasteiger partial charge >= 0.3 is 5.97 Å². The van der Waals surface area contributed by atoms with Crippen LogP contribution in [0.3, 0.4) is 0 Å². The summed E-state index contributed by atoms with van der Waals surface area (Å²) >= 11 is 5.55. The molecule has 0 spiro atoms. The molecule has 1 heterocycles. The van der Waals surface area contributed by atoms with Crippen molar-refractivity contribution in [3.8, 4) is 5.75 Å². The first-order valence-electron chi connectivity index (χ1n) is 10.6. The third kappa shape index (κ3) is 6.48. The average Bonchev–Trinajstić information content (AvgIpc) is 3.11. The molecule has 1 aliphatic rings. The number of carboxylic acid groups (broad SMARTS) is 1. The first-order valence-corrected chi connectivity index (χ1v) is 13.5. The molecule has 3 aromatic rings. The van der Waals surface area contributed by atoms with Crippen LogP contribution in [-0.4, -0.2) is 39.0 Å². The number of aromatic carboxylic acids is 1. The summed E-state index contributed by atoms with van der Waals surface area (Å²) in [6.45, 7) is 0.256. The first kappa shape index (κ1) is 27.1. The molecule has 188 valence electrons. The van der Waals surface area contributed by atoms with Crippen LogP contribution in [0.2, 0.25) is 0 Å². The van der Waals surface area contributed by atoms with Gasteiger partial charge in [0.25, 0.3) is 11.6 Å². The van der Waals surface area contributed by atoms with E-state index in [-0.39, 0.29) is 23.8 Å². The van der Waals surface area contributed by atoms with E-state index in [0.717, 1.165) is 18.3 Å². The number of benzene rings is 3. The molecule has 1 fully saturated rings. The monoisotopic (exact) mass is 741 g/mol. The second-order valence-corrected chi connectivity index (χ2v) is 11.1. The Morgan fingerprint density at radius 2 is 1.84 bits per heavy atom. The van der Waals surface area contributed by atoms with Crippen molar-refractivity contribution in [2.75, 3.05) is 7.05 Å². The molecule has 4 rings (SSSR count). The summed E-state index contributed by atoms with van der Waals surface area (Å²) in [5, 5.41) is 20.5. The fourth-order valence-corrected chi connectivity index (χ4v) is 6.41. The van der Waals surface area contributed by atoms with Crippen molar-refractivity contribution < 1.29 is 24.4 Å².